The third-order valence-electron chi connectivity index (χ3n) is 4.72. The number of hydrogen-bond acceptors (Lipinski definition) is 2. The van der Waals surface area contributed by atoms with Gasteiger partial charge in [0.05, 0.1) is 5.52 Å². The van der Waals surface area contributed by atoms with E-state index < -0.39 is 0 Å². The fraction of sp³-hybridized carbons (Fsp3) is 0.471. The molecule has 2 aromatic rings. The standard InChI is InChI=1S/C17H22N2/c1-17(9-5-2-6-10-17)16(18)14-11-13-7-3-4-8-15(13)19-12-14/h3-4,7-8,11-12,16H,2,5-6,9-10,18H2,1H3. The smallest absolute Gasteiger partial charge is 0.0702 e. The van der Waals surface area contributed by atoms with E-state index >= 15 is 0 Å². The van der Waals surface area contributed by atoms with Gasteiger partial charge in [0.15, 0.2) is 0 Å². The molecule has 1 unspecified atom stereocenters. The molecule has 2 N–H and O–H groups in total. The van der Waals surface area contributed by atoms with E-state index in [1.807, 2.05) is 18.3 Å². The molecule has 1 aromatic carbocycles. The summed E-state index contributed by atoms with van der Waals surface area (Å²) in [5, 5.41) is 1.19. The molecular formula is C17H22N2. The van der Waals surface area contributed by atoms with Crippen LogP contribution in [0.1, 0.15) is 50.6 Å². The highest BCUT2D eigenvalue weighted by Crippen LogP contribution is 2.44. The van der Waals surface area contributed by atoms with Crippen LogP contribution in [0, 0.1) is 5.41 Å². The molecular weight excluding hydrogens is 232 g/mol. The fourth-order valence-corrected chi connectivity index (χ4v) is 3.33. The van der Waals surface area contributed by atoms with Crippen molar-refractivity contribution in [3.63, 3.8) is 0 Å². The molecule has 2 nitrogen and oxygen atoms in total. The Morgan fingerprint density at radius 3 is 2.68 bits per heavy atom. The van der Waals surface area contributed by atoms with Crippen molar-refractivity contribution in [3.8, 4) is 0 Å². The largest absolute Gasteiger partial charge is 0.323 e. The van der Waals surface area contributed by atoms with Gasteiger partial charge in [-0.15, -0.1) is 0 Å². The molecule has 1 fully saturated rings. The molecule has 1 heterocycles. The Morgan fingerprint density at radius 1 is 1.16 bits per heavy atom. The number of fused-ring (bicyclic) bond motifs is 1. The number of nitrogens with zero attached hydrogens (tertiary/aromatic N) is 1. The second kappa shape index (κ2) is 4.93. The van der Waals surface area contributed by atoms with Crippen LogP contribution in [0.15, 0.2) is 36.5 Å². The van der Waals surface area contributed by atoms with Crippen LogP contribution in [-0.4, -0.2) is 4.98 Å². The Labute approximate surface area is 115 Å². The second-order valence-corrected chi connectivity index (χ2v) is 6.15. The van der Waals surface area contributed by atoms with Crippen molar-refractivity contribution in [2.75, 3.05) is 0 Å². The molecule has 0 amide bonds. The van der Waals surface area contributed by atoms with Crippen LogP contribution in [-0.2, 0) is 0 Å². The summed E-state index contributed by atoms with van der Waals surface area (Å²) < 4.78 is 0. The Kier molecular flexibility index (Phi) is 3.28. The average molecular weight is 254 g/mol. The normalized spacial score (nSPS) is 20.3. The van der Waals surface area contributed by atoms with Crippen molar-refractivity contribution in [1.29, 1.82) is 0 Å². The SMILES string of the molecule is CC1(C(N)c2cnc3ccccc3c2)CCCCC1. The summed E-state index contributed by atoms with van der Waals surface area (Å²) >= 11 is 0. The number of aromatic nitrogens is 1. The molecule has 0 aliphatic heterocycles. The van der Waals surface area contributed by atoms with Crippen LogP contribution in [0.4, 0.5) is 0 Å². The number of benzene rings is 1. The van der Waals surface area contributed by atoms with Gasteiger partial charge >= 0.3 is 0 Å². The zero-order chi connectivity index (χ0) is 13.3. The first kappa shape index (κ1) is 12.6. The van der Waals surface area contributed by atoms with E-state index in [2.05, 4.69) is 30.1 Å². The summed E-state index contributed by atoms with van der Waals surface area (Å²) in [6.45, 7) is 2.34. The van der Waals surface area contributed by atoms with Crippen molar-refractivity contribution < 1.29 is 0 Å². The minimum Gasteiger partial charge on any atom is -0.323 e. The van der Waals surface area contributed by atoms with E-state index in [0.717, 1.165) is 5.52 Å². The molecule has 0 bridgehead atoms. The van der Waals surface area contributed by atoms with Gasteiger partial charge in [-0.1, -0.05) is 44.4 Å². The minimum atomic E-state index is 0.102. The maximum absolute atomic E-state index is 6.56. The molecule has 0 radical (unpaired) electrons. The lowest BCUT2D eigenvalue weighted by atomic mass is 9.69. The highest BCUT2D eigenvalue weighted by atomic mass is 14.7. The third-order valence-corrected chi connectivity index (χ3v) is 4.72. The topological polar surface area (TPSA) is 38.9 Å². The molecule has 1 aliphatic carbocycles. The highest BCUT2D eigenvalue weighted by molar-refractivity contribution is 5.78. The molecule has 1 aromatic heterocycles. The molecule has 3 rings (SSSR count). The van der Waals surface area contributed by atoms with Crippen molar-refractivity contribution in [2.45, 2.75) is 45.1 Å². The van der Waals surface area contributed by atoms with Crippen LogP contribution >= 0.6 is 0 Å². The lowest BCUT2D eigenvalue weighted by molar-refractivity contribution is 0.170. The van der Waals surface area contributed by atoms with Gasteiger partial charge in [-0.25, -0.2) is 0 Å². The highest BCUT2D eigenvalue weighted by Gasteiger charge is 2.34. The second-order valence-electron chi connectivity index (χ2n) is 6.15. The van der Waals surface area contributed by atoms with Crippen molar-refractivity contribution >= 4 is 10.9 Å². The lowest BCUT2D eigenvalue weighted by Crippen LogP contribution is -2.33. The number of para-hydroxylation sites is 1. The maximum Gasteiger partial charge on any atom is 0.0702 e. The molecule has 100 valence electrons. The van der Waals surface area contributed by atoms with Crippen LogP contribution < -0.4 is 5.73 Å². The molecule has 0 spiro atoms. The van der Waals surface area contributed by atoms with E-state index in [1.54, 1.807) is 0 Å². The maximum atomic E-state index is 6.56. The van der Waals surface area contributed by atoms with Gasteiger partial charge in [0.25, 0.3) is 0 Å². The zero-order valence-corrected chi connectivity index (χ0v) is 11.6. The van der Waals surface area contributed by atoms with E-state index in [-0.39, 0.29) is 11.5 Å². The predicted molar refractivity (Wildman–Crippen MR) is 79.9 cm³/mol. The first-order valence-electron chi connectivity index (χ1n) is 7.29. The van der Waals surface area contributed by atoms with Crippen LogP contribution in [0.5, 0.6) is 0 Å². The van der Waals surface area contributed by atoms with Gasteiger partial charge in [0, 0.05) is 17.6 Å². The van der Waals surface area contributed by atoms with Gasteiger partial charge in [0.1, 0.15) is 0 Å². The first-order valence-corrected chi connectivity index (χ1v) is 7.29. The summed E-state index contributed by atoms with van der Waals surface area (Å²) in [5.41, 5.74) is 9.03. The van der Waals surface area contributed by atoms with E-state index in [4.69, 9.17) is 5.73 Å². The van der Waals surface area contributed by atoms with Gasteiger partial charge in [0.2, 0.25) is 0 Å². The fourth-order valence-electron chi connectivity index (χ4n) is 3.33. The third kappa shape index (κ3) is 2.37. The van der Waals surface area contributed by atoms with Crippen LogP contribution in [0.25, 0.3) is 10.9 Å². The van der Waals surface area contributed by atoms with Crippen LogP contribution in [0.3, 0.4) is 0 Å². The van der Waals surface area contributed by atoms with Crippen molar-refractivity contribution in [1.82, 2.24) is 4.98 Å². The Balaban J connectivity index is 1.94. The first-order chi connectivity index (χ1) is 9.19. The van der Waals surface area contributed by atoms with Crippen molar-refractivity contribution in [2.24, 2.45) is 11.1 Å². The van der Waals surface area contributed by atoms with Gasteiger partial charge < -0.3 is 5.73 Å². The summed E-state index contributed by atoms with van der Waals surface area (Å²) in [4.78, 5) is 4.55. The Morgan fingerprint density at radius 2 is 1.89 bits per heavy atom. The number of rotatable bonds is 2. The lowest BCUT2D eigenvalue weighted by Gasteiger charge is -2.39. The summed E-state index contributed by atoms with van der Waals surface area (Å²) in [5.74, 6) is 0. The molecule has 1 saturated carbocycles. The number of pyridine rings is 1. The monoisotopic (exact) mass is 254 g/mol. The van der Waals surface area contributed by atoms with Gasteiger partial charge in [-0.2, -0.15) is 0 Å². The van der Waals surface area contributed by atoms with Gasteiger partial charge in [-0.05, 0) is 36.0 Å². The zero-order valence-electron chi connectivity index (χ0n) is 11.6. The van der Waals surface area contributed by atoms with Crippen molar-refractivity contribution in [3.05, 3.63) is 42.1 Å². The Hall–Kier alpha value is -1.41. The van der Waals surface area contributed by atoms with Gasteiger partial charge in [-0.3, -0.25) is 4.98 Å². The molecule has 19 heavy (non-hydrogen) atoms. The predicted octanol–water partition coefficient (Wildman–Crippen LogP) is 4.21. The molecule has 2 heteroatoms. The van der Waals surface area contributed by atoms with Crippen LogP contribution in [0.2, 0.25) is 0 Å². The summed E-state index contributed by atoms with van der Waals surface area (Å²) in [7, 11) is 0. The minimum absolute atomic E-state index is 0.102. The molecule has 1 atom stereocenters. The number of nitrogens with two attached hydrogens (primary N) is 1. The average Bonchev–Trinajstić information content (AvgIpc) is 2.47. The van der Waals surface area contributed by atoms with E-state index in [0.29, 0.717) is 0 Å². The number of hydrogen-bond donors (Lipinski definition) is 1. The quantitative estimate of drug-likeness (QED) is 0.872. The van der Waals surface area contributed by atoms with E-state index in [9.17, 15) is 0 Å². The molecule has 1 aliphatic rings. The van der Waals surface area contributed by atoms with E-state index in [1.165, 1.54) is 43.1 Å². The summed E-state index contributed by atoms with van der Waals surface area (Å²) in [6, 6.07) is 10.6. The molecule has 0 saturated heterocycles. The Bertz CT molecular complexity index is 570. The summed E-state index contributed by atoms with van der Waals surface area (Å²) in [6.07, 6.45) is 8.42.